The first kappa shape index (κ1) is 17.3. The second kappa shape index (κ2) is 9.27. The van der Waals surface area contributed by atoms with Crippen LogP contribution in [0.1, 0.15) is 38.7 Å². The first-order valence-corrected chi connectivity index (χ1v) is 7.54. The van der Waals surface area contributed by atoms with E-state index in [-0.39, 0.29) is 5.91 Å². The normalized spacial score (nSPS) is 10.5. The Labute approximate surface area is 127 Å². The fourth-order valence-corrected chi connectivity index (χ4v) is 2.08. The van der Waals surface area contributed by atoms with Gasteiger partial charge < -0.3 is 14.8 Å². The van der Waals surface area contributed by atoms with Gasteiger partial charge in [0.2, 0.25) is 5.91 Å². The van der Waals surface area contributed by atoms with E-state index in [9.17, 15) is 4.79 Å². The van der Waals surface area contributed by atoms with Crippen LogP contribution in [-0.2, 0) is 11.2 Å². The van der Waals surface area contributed by atoms with Gasteiger partial charge in [-0.1, -0.05) is 19.9 Å². The lowest BCUT2D eigenvalue weighted by Gasteiger charge is -2.10. The maximum absolute atomic E-state index is 11.7. The van der Waals surface area contributed by atoms with Crippen LogP contribution in [0.4, 0.5) is 0 Å². The molecule has 0 atom stereocenters. The average molecular weight is 293 g/mol. The summed E-state index contributed by atoms with van der Waals surface area (Å²) in [6.07, 6.45) is 3.29. The molecule has 1 N–H and O–H groups in total. The van der Waals surface area contributed by atoms with E-state index in [1.165, 1.54) is 0 Å². The molecule has 118 valence electrons. The minimum absolute atomic E-state index is 0.135. The van der Waals surface area contributed by atoms with Crippen LogP contribution in [0.25, 0.3) is 0 Å². The van der Waals surface area contributed by atoms with Crippen LogP contribution < -0.4 is 14.8 Å². The number of hydrogen-bond donors (Lipinski definition) is 1. The molecule has 1 aromatic carbocycles. The minimum Gasteiger partial charge on any atom is -0.493 e. The fourth-order valence-electron chi connectivity index (χ4n) is 2.08. The molecule has 4 heteroatoms. The molecule has 0 aromatic heterocycles. The Morgan fingerprint density at radius 2 is 1.90 bits per heavy atom. The number of carbonyl (C=O) groups is 1. The predicted octanol–water partition coefficient (Wildman–Crippen LogP) is 3.19. The van der Waals surface area contributed by atoms with E-state index in [2.05, 4.69) is 19.2 Å². The standard InChI is InChI=1S/C17H27NO3/c1-13(2)10-11-18-17(19)7-5-6-14-8-9-15(20-3)16(12-14)21-4/h8-9,12-13H,5-7,10-11H2,1-4H3,(H,18,19). The van der Waals surface area contributed by atoms with E-state index in [1.807, 2.05) is 18.2 Å². The predicted molar refractivity (Wildman–Crippen MR) is 84.9 cm³/mol. The molecule has 4 nitrogen and oxygen atoms in total. The van der Waals surface area contributed by atoms with Crippen molar-refractivity contribution in [2.24, 2.45) is 5.92 Å². The molecule has 21 heavy (non-hydrogen) atoms. The van der Waals surface area contributed by atoms with Gasteiger partial charge >= 0.3 is 0 Å². The van der Waals surface area contributed by atoms with Gasteiger partial charge in [0.15, 0.2) is 11.5 Å². The largest absolute Gasteiger partial charge is 0.493 e. The van der Waals surface area contributed by atoms with Crippen LogP contribution in [-0.4, -0.2) is 26.7 Å². The Hall–Kier alpha value is -1.71. The molecule has 0 heterocycles. The molecule has 1 aromatic rings. The summed E-state index contributed by atoms with van der Waals surface area (Å²) >= 11 is 0. The van der Waals surface area contributed by atoms with Gasteiger partial charge in [0.1, 0.15) is 0 Å². The van der Waals surface area contributed by atoms with Gasteiger partial charge in [0.25, 0.3) is 0 Å². The topological polar surface area (TPSA) is 47.6 Å². The van der Waals surface area contributed by atoms with Crippen molar-refractivity contribution >= 4 is 5.91 Å². The van der Waals surface area contributed by atoms with Gasteiger partial charge in [0.05, 0.1) is 14.2 Å². The van der Waals surface area contributed by atoms with Crippen molar-refractivity contribution in [3.63, 3.8) is 0 Å². The van der Waals surface area contributed by atoms with E-state index in [4.69, 9.17) is 9.47 Å². The number of hydrogen-bond acceptors (Lipinski definition) is 3. The first-order chi connectivity index (χ1) is 10.1. The van der Waals surface area contributed by atoms with E-state index >= 15 is 0 Å². The van der Waals surface area contributed by atoms with E-state index in [0.717, 1.165) is 42.9 Å². The zero-order valence-corrected chi connectivity index (χ0v) is 13.6. The second-order valence-electron chi connectivity index (χ2n) is 5.58. The molecule has 0 spiro atoms. The molecule has 0 unspecified atom stereocenters. The maximum Gasteiger partial charge on any atom is 0.220 e. The van der Waals surface area contributed by atoms with Gasteiger partial charge in [-0.15, -0.1) is 0 Å². The van der Waals surface area contributed by atoms with Gasteiger partial charge in [-0.3, -0.25) is 4.79 Å². The monoisotopic (exact) mass is 293 g/mol. The first-order valence-electron chi connectivity index (χ1n) is 7.54. The van der Waals surface area contributed by atoms with Crippen LogP contribution >= 0.6 is 0 Å². The third-order valence-electron chi connectivity index (χ3n) is 3.36. The molecule has 0 aliphatic heterocycles. The van der Waals surface area contributed by atoms with Crippen molar-refractivity contribution in [1.29, 1.82) is 0 Å². The molecule has 0 bridgehead atoms. The van der Waals surface area contributed by atoms with Gasteiger partial charge in [-0.25, -0.2) is 0 Å². The highest BCUT2D eigenvalue weighted by molar-refractivity contribution is 5.75. The molecule has 0 saturated heterocycles. The quantitative estimate of drug-likeness (QED) is 0.760. The molecule has 0 radical (unpaired) electrons. The third kappa shape index (κ3) is 6.52. The summed E-state index contributed by atoms with van der Waals surface area (Å²) in [4.78, 5) is 11.7. The number of nitrogens with one attached hydrogen (secondary N) is 1. The molecule has 1 amide bonds. The second-order valence-corrected chi connectivity index (χ2v) is 5.58. The molecular weight excluding hydrogens is 266 g/mol. The molecule has 0 aliphatic rings. The number of amides is 1. The van der Waals surface area contributed by atoms with Crippen molar-refractivity contribution in [1.82, 2.24) is 5.32 Å². The molecule has 1 rings (SSSR count). The number of ether oxygens (including phenoxy) is 2. The van der Waals surface area contributed by atoms with Gasteiger partial charge in [0, 0.05) is 13.0 Å². The number of methoxy groups -OCH3 is 2. The van der Waals surface area contributed by atoms with Crippen LogP contribution in [0, 0.1) is 5.92 Å². The van der Waals surface area contributed by atoms with Crippen LogP contribution in [0.2, 0.25) is 0 Å². The Morgan fingerprint density at radius 3 is 2.52 bits per heavy atom. The number of aryl methyl sites for hydroxylation is 1. The summed E-state index contributed by atoms with van der Waals surface area (Å²) in [5.74, 6) is 2.22. The van der Waals surface area contributed by atoms with Gasteiger partial charge in [-0.05, 0) is 42.9 Å². The Balaban J connectivity index is 2.33. The smallest absolute Gasteiger partial charge is 0.220 e. The van der Waals surface area contributed by atoms with E-state index < -0.39 is 0 Å². The summed E-state index contributed by atoms with van der Waals surface area (Å²) < 4.78 is 10.5. The Bertz CT molecular complexity index is 444. The zero-order valence-electron chi connectivity index (χ0n) is 13.6. The third-order valence-corrected chi connectivity index (χ3v) is 3.36. The summed E-state index contributed by atoms with van der Waals surface area (Å²) in [7, 11) is 3.25. The number of carbonyl (C=O) groups excluding carboxylic acids is 1. The average Bonchev–Trinajstić information content (AvgIpc) is 2.46. The summed E-state index contributed by atoms with van der Waals surface area (Å²) in [6.45, 7) is 5.08. The molecule has 0 fully saturated rings. The lowest BCUT2D eigenvalue weighted by Crippen LogP contribution is -2.25. The Morgan fingerprint density at radius 1 is 1.19 bits per heavy atom. The molecule has 0 saturated carbocycles. The van der Waals surface area contributed by atoms with Gasteiger partial charge in [-0.2, -0.15) is 0 Å². The minimum atomic E-state index is 0.135. The summed E-state index contributed by atoms with van der Waals surface area (Å²) in [5, 5.41) is 2.96. The highest BCUT2D eigenvalue weighted by atomic mass is 16.5. The van der Waals surface area contributed by atoms with Crippen molar-refractivity contribution in [3.05, 3.63) is 23.8 Å². The summed E-state index contributed by atoms with van der Waals surface area (Å²) in [5.41, 5.74) is 1.16. The van der Waals surface area contributed by atoms with Crippen molar-refractivity contribution < 1.29 is 14.3 Å². The van der Waals surface area contributed by atoms with Crippen LogP contribution in [0.15, 0.2) is 18.2 Å². The highest BCUT2D eigenvalue weighted by Crippen LogP contribution is 2.28. The van der Waals surface area contributed by atoms with E-state index in [1.54, 1.807) is 14.2 Å². The lowest BCUT2D eigenvalue weighted by atomic mass is 10.1. The fraction of sp³-hybridized carbons (Fsp3) is 0.588. The maximum atomic E-state index is 11.7. The SMILES string of the molecule is COc1ccc(CCCC(=O)NCCC(C)C)cc1OC. The molecular formula is C17H27NO3. The lowest BCUT2D eigenvalue weighted by molar-refractivity contribution is -0.121. The Kier molecular flexibility index (Phi) is 7.65. The van der Waals surface area contributed by atoms with Crippen molar-refractivity contribution in [3.8, 4) is 11.5 Å². The summed E-state index contributed by atoms with van der Waals surface area (Å²) in [6, 6.07) is 5.88. The van der Waals surface area contributed by atoms with Crippen LogP contribution in [0.5, 0.6) is 11.5 Å². The number of benzene rings is 1. The zero-order chi connectivity index (χ0) is 15.7. The van der Waals surface area contributed by atoms with E-state index in [0.29, 0.717) is 12.3 Å². The van der Waals surface area contributed by atoms with Crippen molar-refractivity contribution in [2.45, 2.75) is 39.5 Å². The number of rotatable bonds is 9. The molecule has 0 aliphatic carbocycles. The van der Waals surface area contributed by atoms with Crippen LogP contribution in [0.3, 0.4) is 0 Å². The highest BCUT2D eigenvalue weighted by Gasteiger charge is 2.06. The van der Waals surface area contributed by atoms with Crippen molar-refractivity contribution in [2.75, 3.05) is 20.8 Å².